The number of aromatic hydroxyl groups is 1. The van der Waals surface area contributed by atoms with E-state index in [9.17, 15) is 92.2 Å². The molecule has 0 saturated heterocycles. The van der Waals surface area contributed by atoms with Gasteiger partial charge < -0.3 is 5.11 Å². The minimum Gasteiger partial charge on any atom is -0.508 e. The molecule has 0 saturated carbocycles. The van der Waals surface area contributed by atoms with E-state index in [2.05, 4.69) is 0 Å². The molecule has 238 valence electrons. The molecule has 0 radical (unpaired) electrons. The first-order chi connectivity index (χ1) is 18.4. The average Bonchev–Trinajstić information content (AvgIpc) is 2.83. The molecule has 1 N–H and O–H groups in total. The SMILES string of the molecule is Oc1ccc(-c2c(F)c(F)c(F)c(F)c2C(F)(F)C(F)(F)C(F)(F)C(F)(F)C(F)(F)C(F)(F)C(F)(F)C(F)(F)F)cc1. The first kappa shape index (κ1) is 35.0. The highest BCUT2D eigenvalue weighted by atomic mass is 19.4. The fourth-order valence-electron chi connectivity index (χ4n) is 3.15. The third kappa shape index (κ3) is 4.37. The number of rotatable bonds is 8. The van der Waals surface area contributed by atoms with Crippen LogP contribution in [0.2, 0.25) is 0 Å². The summed E-state index contributed by atoms with van der Waals surface area (Å²) in [4.78, 5) is 0. The van der Waals surface area contributed by atoms with Crippen LogP contribution in [0.1, 0.15) is 5.56 Å². The highest BCUT2D eigenvalue weighted by molar-refractivity contribution is 5.70. The number of halogens is 21. The van der Waals surface area contributed by atoms with Crippen LogP contribution in [-0.4, -0.2) is 46.8 Å². The van der Waals surface area contributed by atoms with Gasteiger partial charge in [0, 0.05) is 5.56 Å². The number of hydrogen-bond acceptors (Lipinski definition) is 1. The largest absolute Gasteiger partial charge is 0.508 e. The monoisotopic (exact) mass is 660 g/mol. The molecule has 42 heavy (non-hydrogen) atoms. The molecule has 0 atom stereocenters. The lowest BCUT2D eigenvalue weighted by atomic mass is 9.84. The van der Waals surface area contributed by atoms with E-state index in [-0.39, 0.29) is 24.3 Å². The zero-order valence-electron chi connectivity index (χ0n) is 18.7. The minimum atomic E-state index is -9.04. The third-order valence-corrected chi connectivity index (χ3v) is 5.46. The number of alkyl halides is 17. The molecule has 0 aliphatic rings. The molecule has 0 bridgehead atoms. The number of phenolic OH excluding ortho intramolecular Hbond substituents is 1. The lowest BCUT2D eigenvalue weighted by Crippen LogP contribution is -2.74. The van der Waals surface area contributed by atoms with E-state index < -0.39 is 93.3 Å². The van der Waals surface area contributed by atoms with Gasteiger partial charge in [-0.15, -0.1) is 0 Å². The summed E-state index contributed by atoms with van der Waals surface area (Å²) in [5, 5.41) is 9.12. The van der Waals surface area contributed by atoms with Gasteiger partial charge in [0.25, 0.3) is 0 Å². The van der Waals surface area contributed by atoms with Crippen molar-refractivity contribution < 1.29 is 97.3 Å². The van der Waals surface area contributed by atoms with Crippen molar-refractivity contribution in [1.29, 1.82) is 0 Å². The van der Waals surface area contributed by atoms with E-state index in [0.717, 1.165) is 0 Å². The Hall–Kier alpha value is -3.23. The Bertz CT molecular complexity index is 1340. The molecule has 22 heteroatoms. The van der Waals surface area contributed by atoms with Crippen LogP contribution in [0.3, 0.4) is 0 Å². The number of hydrogen-bond donors (Lipinski definition) is 1. The Morgan fingerprint density at radius 1 is 0.405 bits per heavy atom. The van der Waals surface area contributed by atoms with Crippen molar-refractivity contribution >= 4 is 0 Å². The highest BCUT2D eigenvalue weighted by Gasteiger charge is 2.95. The molecule has 0 spiro atoms. The van der Waals surface area contributed by atoms with Gasteiger partial charge >= 0.3 is 47.6 Å². The van der Waals surface area contributed by atoms with Crippen molar-refractivity contribution in [3.8, 4) is 16.9 Å². The fraction of sp³-hybridized carbons (Fsp3) is 0.400. The van der Waals surface area contributed by atoms with Crippen LogP contribution in [0.25, 0.3) is 11.1 Å². The van der Waals surface area contributed by atoms with Crippen LogP contribution in [0.15, 0.2) is 24.3 Å². The molecule has 0 amide bonds. The zero-order valence-corrected chi connectivity index (χ0v) is 18.7. The van der Waals surface area contributed by atoms with Gasteiger partial charge in [0.15, 0.2) is 23.3 Å². The van der Waals surface area contributed by atoms with Crippen molar-refractivity contribution in [1.82, 2.24) is 0 Å². The maximum atomic E-state index is 14.8. The van der Waals surface area contributed by atoms with E-state index in [1.54, 1.807) is 0 Å². The Balaban J connectivity index is 2.95. The predicted octanol–water partition coefficient (Wildman–Crippen LogP) is 9.08. The van der Waals surface area contributed by atoms with Gasteiger partial charge in [-0.05, 0) is 17.7 Å². The number of phenols is 1. The van der Waals surface area contributed by atoms with Gasteiger partial charge in [0.1, 0.15) is 5.75 Å². The average molecular weight is 660 g/mol. The smallest absolute Gasteiger partial charge is 0.460 e. The van der Waals surface area contributed by atoms with Crippen molar-refractivity contribution in [2.45, 2.75) is 47.6 Å². The van der Waals surface area contributed by atoms with Crippen molar-refractivity contribution in [2.75, 3.05) is 0 Å². The topological polar surface area (TPSA) is 20.2 Å². The summed E-state index contributed by atoms with van der Waals surface area (Å²) in [5.41, 5.74) is -8.19. The first-order valence-corrected chi connectivity index (χ1v) is 9.76. The fourth-order valence-corrected chi connectivity index (χ4v) is 3.15. The van der Waals surface area contributed by atoms with Crippen molar-refractivity contribution in [2.24, 2.45) is 0 Å². The van der Waals surface area contributed by atoms with Gasteiger partial charge in [-0.1, -0.05) is 12.1 Å². The standard InChI is InChI=1S/C20H5F21O/c21-9-7(5-1-3-6(42)4-2-5)8(10(22)12(24)11(9)23)13(25,26)14(27,28)15(29,30)16(31,32)17(33,34)18(35,36)19(37,38)20(39,40)41/h1-4,42H. The van der Waals surface area contributed by atoms with E-state index in [1.165, 1.54) is 0 Å². The molecular formula is C20H5F21O. The zero-order chi connectivity index (χ0) is 33.4. The van der Waals surface area contributed by atoms with Crippen LogP contribution >= 0.6 is 0 Å². The second kappa shape index (κ2) is 9.64. The van der Waals surface area contributed by atoms with Gasteiger partial charge in [-0.25, -0.2) is 17.6 Å². The molecule has 0 fully saturated rings. The molecule has 2 aromatic rings. The molecule has 1 nitrogen and oxygen atoms in total. The summed E-state index contributed by atoms with van der Waals surface area (Å²) in [6.07, 6.45) is -7.98. The lowest BCUT2D eigenvalue weighted by Gasteiger charge is -2.43. The minimum absolute atomic E-state index is 0.0723. The van der Waals surface area contributed by atoms with Crippen molar-refractivity contribution in [3.05, 3.63) is 53.1 Å². The van der Waals surface area contributed by atoms with Crippen LogP contribution in [-0.2, 0) is 5.92 Å². The van der Waals surface area contributed by atoms with Crippen molar-refractivity contribution in [3.63, 3.8) is 0 Å². The Morgan fingerprint density at radius 2 is 0.738 bits per heavy atom. The van der Waals surface area contributed by atoms with E-state index in [0.29, 0.717) is 0 Å². The molecule has 0 aromatic heterocycles. The van der Waals surface area contributed by atoms with Gasteiger partial charge in [-0.3, -0.25) is 0 Å². The Morgan fingerprint density at radius 3 is 1.12 bits per heavy atom. The molecule has 0 aliphatic heterocycles. The maximum Gasteiger partial charge on any atom is 0.460 e. The Kier molecular flexibility index (Phi) is 8.03. The van der Waals surface area contributed by atoms with Gasteiger partial charge in [0.2, 0.25) is 0 Å². The summed E-state index contributed by atoms with van der Waals surface area (Å²) in [5.74, 6) is -75.1. The molecule has 0 heterocycles. The quantitative estimate of drug-likeness (QED) is 0.170. The Labute approximate surface area is 216 Å². The van der Waals surface area contributed by atoms with Crippen LogP contribution in [0, 0.1) is 23.3 Å². The summed E-state index contributed by atoms with van der Waals surface area (Å²) in [6, 6.07) is 0.701. The molecule has 2 rings (SSSR count). The van der Waals surface area contributed by atoms with E-state index in [1.807, 2.05) is 0 Å². The summed E-state index contributed by atoms with van der Waals surface area (Å²) in [6.45, 7) is 0. The maximum absolute atomic E-state index is 14.8. The predicted molar refractivity (Wildman–Crippen MR) is 93.0 cm³/mol. The molecular weight excluding hydrogens is 655 g/mol. The van der Waals surface area contributed by atoms with Gasteiger partial charge in [-0.2, -0.15) is 74.6 Å². The van der Waals surface area contributed by atoms with Crippen LogP contribution < -0.4 is 0 Å². The third-order valence-electron chi connectivity index (χ3n) is 5.46. The first-order valence-electron chi connectivity index (χ1n) is 9.76. The summed E-state index contributed by atoms with van der Waals surface area (Å²) < 4.78 is 287. The van der Waals surface area contributed by atoms with Crippen LogP contribution in [0.4, 0.5) is 92.2 Å². The summed E-state index contributed by atoms with van der Waals surface area (Å²) in [7, 11) is 0. The van der Waals surface area contributed by atoms with E-state index >= 15 is 0 Å². The van der Waals surface area contributed by atoms with E-state index in [4.69, 9.17) is 5.11 Å². The molecule has 2 aromatic carbocycles. The second-order valence-electron chi connectivity index (χ2n) is 8.07. The van der Waals surface area contributed by atoms with Crippen LogP contribution in [0.5, 0.6) is 5.75 Å². The number of benzene rings is 2. The van der Waals surface area contributed by atoms with Gasteiger partial charge in [0.05, 0.1) is 5.56 Å². The molecule has 0 aliphatic carbocycles. The second-order valence-corrected chi connectivity index (χ2v) is 8.07. The highest BCUT2D eigenvalue weighted by Crippen LogP contribution is 2.65. The normalized spacial score (nSPS) is 14.9. The summed E-state index contributed by atoms with van der Waals surface area (Å²) >= 11 is 0. The molecule has 0 unspecified atom stereocenters. The lowest BCUT2D eigenvalue weighted by molar-refractivity contribution is -0.462.